The van der Waals surface area contributed by atoms with Crippen LogP contribution in [-0.2, 0) is 14.0 Å². The minimum atomic E-state index is -0.315. The summed E-state index contributed by atoms with van der Waals surface area (Å²) in [7, 11) is -0.315. The van der Waals surface area contributed by atoms with E-state index in [0.29, 0.717) is 6.61 Å². The van der Waals surface area contributed by atoms with Gasteiger partial charge in [-0.25, -0.2) is 0 Å². The molecule has 0 atom stereocenters. The third-order valence-corrected chi connectivity index (χ3v) is 5.38. The summed E-state index contributed by atoms with van der Waals surface area (Å²) in [5, 5.41) is 0. The minimum absolute atomic E-state index is 0.305. The zero-order valence-corrected chi connectivity index (χ0v) is 16.4. The summed E-state index contributed by atoms with van der Waals surface area (Å²) in [6.45, 7) is 13.5. The molecule has 3 rings (SSSR count). The maximum Gasteiger partial charge on any atom is 0.487 e. The molecule has 1 aromatic rings. The summed E-state index contributed by atoms with van der Waals surface area (Å²) >= 11 is 0. The summed E-state index contributed by atoms with van der Waals surface area (Å²) in [4.78, 5) is 2.37. The minimum Gasteiger partial charge on any atom is -0.492 e. The van der Waals surface area contributed by atoms with Crippen molar-refractivity contribution in [1.82, 2.24) is 4.90 Å². The fraction of sp³-hybridized carbons (Fsp3) is 0.600. The predicted octanol–water partition coefficient (Wildman–Crippen LogP) is 3.04. The summed E-state index contributed by atoms with van der Waals surface area (Å²) in [6, 6.07) is 8.10. The Morgan fingerprint density at radius 2 is 1.65 bits per heavy atom. The second-order valence-electron chi connectivity index (χ2n) is 7.86. The Morgan fingerprint density at radius 3 is 2.27 bits per heavy atom. The van der Waals surface area contributed by atoms with Crippen molar-refractivity contribution in [2.75, 3.05) is 39.5 Å². The average molecular weight is 359 g/mol. The van der Waals surface area contributed by atoms with Crippen molar-refractivity contribution in [2.45, 2.75) is 38.9 Å². The molecule has 0 saturated carbocycles. The van der Waals surface area contributed by atoms with Crippen LogP contribution in [0.2, 0.25) is 0 Å². The Hall–Kier alpha value is -1.34. The molecule has 26 heavy (non-hydrogen) atoms. The second kappa shape index (κ2) is 8.13. The fourth-order valence-corrected chi connectivity index (χ4v) is 2.95. The van der Waals surface area contributed by atoms with E-state index in [1.807, 2.05) is 36.3 Å². The van der Waals surface area contributed by atoms with Crippen molar-refractivity contribution >= 4 is 13.2 Å². The highest BCUT2D eigenvalue weighted by Crippen LogP contribution is 2.37. The molecule has 0 N–H and O–H groups in total. The van der Waals surface area contributed by atoms with Crippen LogP contribution < -0.4 is 4.74 Å². The topological polar surface area (TPSA) is 40.2 Å². The lowest BCUT2D eigenvalue weighted by Crippen LogP contribution is -2.41. The smallest absolute Gasteiger partial charge is 0.487 e. The van der Waals surface area contributed by atoms with Crippen LogP contribution in [0.3, 0.4) is 0 Å². The Balaban J connectivity index is 1.45. The number of rotatable bonds is 6. The maximum absolute atomic E-state index is 5.97. The molecule has 0 spiro atoms. The van der Waals surface area contributed by atoms with Crippen LogP contribution in [0.25, 0.3) is 6.08 Å². The van der Waals surface area contributed by atoms with E-state index < -0.39 is 0 Å². The van der Waals surface area contributed by atoms with Gasteiger partial charge in [-0.15, -0.1) is 0 Å². The predicted molar refractivity (Wildman–Crippen MR) is 104 cm³/mol. The van der Waals surface area contributed by atoms with Crippen molar-refractivity contribution in [3.05, 3.63) is 35.8 Å². The lowest BCUT2D eigenvalue weighted by atomic mass is 9.89. The first-order valence-corrected chi connectivity index (χ1v) is 9.43. The molecule has 0 amide bonds. The number of hydrogen-bond donors (Lipinski definition) is 0. The first-order chi connectivity index (χ1) is 12.4. The van der Waals surface area contributed by atoms with E-state index in [0.717, 1.165) is 44.2 Å². The van der Waals surface area contributed by atoms with Gasteiger partial charge in [-0.1, -0.05) is 24.2 Å². The number of benzene rings is 1. The van der Waals surface area contributed by atoms with Crippen LogP contribution in [-0.4, -0.2) is 62.7 Å². The molecule has 0 aliphatic carbocycles. The molecule has 2 saturated heterocycles. The van der Waals surface area contributed by atoms with Crippen LogP contribution in [0.4, 0.5) is 0 Å². The maximum atomic E-state index is 5.97. The van der Waals surface area contributed by atoms with Crippen molar-refractivity contribution in [1.29, 1.82) is 0 Å². The Bertz CT molecular complexity index is 593. The molecule has 6 heteroatoms. The van der Waals surface area contributed by atoms with E-state index in [9.17, 15) is 0 Å². The molecular weight excluding hydrogens is 329 g/mol. The van der Waals surface area contributed by atoms with Gasteiger partial charge in [0.2, 0.25) is 0 Å². The highest BCUT2D eigenvalue weighted by atomic mass is 16.7. The first kappa shape index (κ1) is 19.4. The van der Waals surface area contributed by atoms with E-state index in [2.05, 4.69) is 32.6 Å². The Morgan fingerprint density at radius 1 is 1.04 bits per heavy atom. The third kappa shape index (κ3) is 4.89. The molecule has 0 bridgehead atoms. The zero-order valence-electron chi connectivity index (χ0n) is 16.4. The number of morpholine rings is 1. The number of hydrogen-bond acceptors (Lipinski definition) is 5. The van der Waals surface area contributed by atoms with E-state index in [4.69, 9.17) is 18.8 Å². The van der Waals surface area contributed by atoms with E-state index >= 15 is 0 Å². The van der Waals surface area contributed by atoms with Crippen molar-refractivity contribution < 1.29 is 18.8 Å². The van der Waals surface area contributed by atoms with Gasteiger partial charge in [-0.3, -0.25) is 4.90 Å². The van der Waals surface area contributed by atoms with Gasteiger partial charge in [0, 0.05) is 19.6 Å². The average Bonchev–Trinajstić information content (AvgIpc) is 2.82. The number of nitrogens with zero attached hydrogens (tertiary/aromatic N) is 1. The van der Waals surface area contributed by atoms with Gasteiger partial charge < -0.3 is 18.8 Å². The monoisotopic (exact) mass is 359 g/mol. The Labute approximate surface area is 157 Å². The Kier molecular flexibility index (Phi) is 6.08. The summed E-state index contributed by atoms with van der Waals surface area (Å²) in [5.41, 5.74) is 0.487. The van der Waals surface area contributed by atoms with Crippen LogP contribution in [0.1, 0.15) is 33.3 Å². The summed E-state index contributed by atoms with van der Waals surface area (Å²) < 4.78 is 23.1. The standard InChI is InChI=1S/C20H30BNO4/c1-19(2)20(3,4)26-21(25-19)10-9-17-5-7-18(8-6-17)24-16-13-22-11-14-23-15-12-22/h5-10H,11-16H2,1-4H3. The largest absolute Gasteiger partial charge is 0.492 e. The van der Waals surface area contributed by atoms with Crippen molar-refractivity contribution in [3.63, 3.8) is 0 Å². The molecule has 0 aromatic heterocycles. The SMILES string of the molecule is CC1(C)OB(C=Cc2ccc(OCCN3CCOCC3)cc2)OC1(C)C. The van der Waals surface area contributed by atoms with Crippen LogP contribution in [0.5, 0.6) is 5.75 Å². The van der Waals surface area contributed by atoms with Gasteiger partial charge in [0.05, 0.1) is 24.4 Å². The van der Waals surface area contributed by atoms with Gasteiger partial charge in [0.25, 0.3) is 0 Å². The van der Waals surface area contributed by atoms with Crippen LogP contribution >= 0.6 is 0 Å². The molecule has 2 aliphatic rings. The zero-order chi connectivity index (χ0) is 18.6. The van der Waals surface area contributed by atoms with E-state index in [-0.39, 0.29) is 18.3 Å². The molecule has 1 aromatic carbocycles. The van der Waals surface area contributed by atoms with E-state index in [1.165, 1.54) is 0 Å². The first-order valence-electron chi connectivity index (χ1n) is 9.43. The summed E-state index contributed by atoms with van der Waals surface area (Å²) in [6.07, 6.45) is 2.03. The molecule has 2 aliphatic heterocycles. The normalized spacial score (nSPS) is 22.8. The molecule has 0 unspecified atom stereocenters. The molecule has 2 heterocycles. The molecule has 0 radical (unpaired) electrons. The molecular formula is C20H30BNO4. The summed E-state index contributed by atoms with van der Waals surface area (Å²) in [5.74, 6) is 2.86. The molecule has 5 nitrogen and oxygen atoms in total. The van der Waals surface area contributed by atoms with Gasteiger partial charge in [0.1, 0.15) is 12.4 Å². The van der Waals surface area contributed by atoms with Crippen LogP contribution in [0.15, 0.2) is 30.2 Å². The van der Waals surface area contributed by atoms with Gasteiger partial charge in [-0.05, 0) is 45.4 Å². The van der Waals surface area contributed by atoms with Crippen molar-refractivity contribution in [3.8, 4) is 5.75 Å². The van der Waals surface area contributed by atoms with Crippen molar-refractivity contribution in [2.24, 2.45) is 0 Å². The van der Waals surface area contributed by atoms with Crippen LogP contribution in [0, 0.1) is 0 Å². The van der Waals surface area contributed by atoms with E-state index in [1.54, 1.807) is 0 Å². The highest BCUT2D eigenvalue weighted by molar-refractivity contribution is 6.52. The van der Waals surface area contributed by atoms with Gasteiger partial charge in [0.15, 0.2) is 0 Å². The third-order valence-electron chi connectivity index (χ3n) is 5.38. The second-order valence-corrected chi connectivity index (χ2v) is 7.86. The highest BCUT2D eigenvalue weighted by Gasteiger charge is 2.49. The lowest BCUT2D eigenvalue weighted by molar-refractivity contribution is 0.00578. The quantitative estimate of drug-likeness (QED) is 0.731. The molecule has 142 valence electrons. The number of ether oxygens (including phenoxy) is 2. The van der Waals surface area contributed by atoms with Gasteiger partial charge in [-0.2, -0.15) is 0 Å². The fourth-order valence-electron chi connectivity index (χ4n) is 2.95. The lowest BCUT2D eigenvalue weighted by Gasteiger charge is -2.32. The molecule has 2 fully saturated rings. The van der Waals surface area contributed by atoms with Gasteiger partial charge >= 0.3 is 7.12 Å².